The fourth-order valence-electron chi connectivity index (χ4n) is 3.96. The van der Waals surface area contributed by atoms with Gasteiger partial charge in [0.15, 0.2) is 0 Å². The summed E-state index contributed by atoms with van der Waals surface area (Å²) in [5, 5.41) is 0. The van der Waals surface area contributed by atoms with Crippen molar-refractivity contribution >= 4 is 10.0 Å². The van der Waals surface area contributed by atoms with Crippen LogP contribution >= 0.6 is 0 Å². The second-order valence-electron chi connectivity index (χ2n) is 6.67. The molecular weight excluding hydrogens is 362 g/mol. The van der Waals surface area contributed by atoms with Crippen LogP contribution in [0.4, 0.5) is 8.78 Å². The summed E-state index contributed by atoms with van der Waals surface area (Å²) < 4.78 is 60.4. The molecule has 0 radical (unpaired) electrons. The Morgan fingerprint density at radius 3 is 2.42 bits per heavy atom. The van der Waals surface area contributed by atoms with Crippen LogP contribution in [0.5, 0.6) is 5.88 Å². The van der Waals surface area contributed by atoms with Crippen molar-refractivity contribution in [3.8, 4) is 5.88 Å². The first-order valence-electron chi connectivity index (χ1n) is 8.51. The van der Waals surface area contributed by atoms with Crippen molar-refractivity contribution in [3.05, 3.63) is 54.2 Å². The average molecular weight is 380 g/mol. The van der Waals surface area contributed by atoms with Crippen LogP contribution in [0.15, 0.2) is 47.5 Å². The van der Waals surface area contributed by atoms with Gasteiger partial charge in [-0.15, -0.1) is 0 Å². The molecule has 8 heteroatoms. The summed E-state index contributed by atoms with van der Waals surface area (Å²) in [6.45, 7) is 0. The van der Waals surface area contributed by atoms with E-state index in [2.05, 4.69) is 4.98 Å². The van der Waals surface area contributed by atoms with E-state index in [-0.39, 0.29) is 18.2 Å². The van der Waals surface area contributed by atoms with Crippen LogP contribution in [0, 0.1) is 11.6 Å². The van der Waals surface area contributed by atoms with Gasteiger partial charge in [-0.05, 0) is 31.0 Å². The zero-order valence-electron chi connectivity index (χ0n) is 13.9. The molecule has 0 spiro atoms. The second-order valence-corrected chi connectivity index (χ2v) is 8.49. The molecule has 26 heavy (non-hydrogen) atoms. The molecule has 2 bridgehead atoms. The monoisotopic (exact) mass is 380 g/mol. The third-order valence-electron chi connectivity index (χ3n) is 5.00. The highest BCUT2D eigenvalue weighted by Crippen LogP contribution is 2.41. The summed E-state index contributed by atoms with van der Waals surface area (Å²) in [7, 11) is -4.02. The van der Waals surface area contributed by atoms with E-state index in [1.807, 2.05) is 6.07 Å². The Balaban J connectivity index is 1.56. The number of hydrogen-bond acceptors (Lipinski definition) is 4. The molecule has 3 heterocycles. The van der Waals surface area contributed by atoms with Crippen molar-refractivity contribution in [2.24, 2.45) is 0 Å². The molecule has 1 aromatic carbocycles. The van der Waals surface area contributed by atoms with Crippen LogP contribution in [0.1, 0.15) is 25.7 Å². The first kappa shape index (κ1) is 17.4. The Morgan fingerprint density at radius 2 is 1.81 bits per heavy atom. The van der Waals surface area contributed by atoms with E-state index in [0.29, 0.717) is 37.6 Å². The van der Waals surface area contributed by atoms with Crippen molar-refractivity contribution in [2.45, 2.75) is 48.8 Å². The van der Waals surface area contributed by atoms with E-state index in [1.54, 1.807) is 18.3 Å². The molecule has 2 aromatic rings. The lowest BCUT2D eigenvalue weighted by Crippen LogP contribution is -2.49. The van der Waals surface area contributed by atoms with Crippen LogP contribution in [-0.2, 0) is 10.0 Å². The smallest absolute Gasteiger partial charge is 0.246 e. The number of halogens is 2. The maximum Gasteiger partial charge on any atom is 0.246 e. The number of nitrogens with zero attached hydrogens (tertiary/aromatic N) is 2. The van der Waals surface area contributed by atoms with Gasteiger partial charge in [0.05, 0.1) is 0 Å². The van der Waals surface area contributed by atoms with Crippen LogP contribution in [0.2, 0.25) is 0 Å². The maximum absolute atomic E-state index is 14.1. The first-order chi connectivity index (χ1) is 12.4. The molecule has 0 amide bonds. The Labute approximate surface area is 150 Å². The summed E-state index contributed by atoms with van der Waals surface area (Å²) >= 11 is 0. The maximum atomic E-state index is 14.1. The predicted molar refractivity (Wildman–Crippen MR) is 90.1 cm³/mol. The van der Waals surface area contributed by atoms with Crippen molar-refractivity contribution in [1.82, 2.24) is 9.29 Å². The Bertz CT molecular complexity index is 894. The number of pyridine rings is 1. The predicted octanol–water partition coefficient (Wildman–Crippen LogP) is 3.12. The molecule has 2 aliphatic rings. The molecule has 1 aromatic heterocycles. The van der Waals surface area contributed by atoms with Gasteiger partial charge in [0.1, 0.15) is 22.6 Å². The largest absolute Gasteiger partial charge is 0.474 e. The second kappa shape index (κ2) is 6.59. The number of aromatic nitrogens is 1. The molecule has 2 saturated heterocycles. The van der Waals surface area contributed by atoms with Gasteiger partial charge >= 0.3 is 0 Å². The molecule has 2 unspecified atom stereocenters. The molecule has 2 aliphatic heterocycles. The van der Waals surface area contributed by atoms with Crippen molar-refractivity contribution < 1.29 is 21.9 Å². The van der Waals surface area contributed by atoms with Crippen LogP contribution in [0.25, 0.3) is 0 Å². The van der Waals surface area contributed by atoms with E-state index in [0.717, 1.165) is 12.1 Å². The lowest BCUT2D eigenvalue weighted by atomic mass is 10.0. The lowest BCUT2D eigenvalue weighted by molar-refractivity contribution is 0.0917. The summed E-state index contributed by atoms with van der Waals surface area (Å²) in [6.07, 6.45) is 3.96. The van der Waals surface area contributed by atoms with Crippen molar-refractivity contribution in [3.63, 3.8) is 0 Å². The number of rotatable bonds is 4. The van der Waals surface area contributed by atoms with Gasteiger partial charge in [-0.3, -0.25) is 0 Å². The summed E-state index contributed by atoms with van der Waals surface area (Å²) in [6, 6.07) is 7.44. The van der Waals surface area contributed by atoms with Crippen molar-refractivity contribution in [1.29, 1.82) is 0 Å². The van der Waals surface area contributed by atoms with Gasteiger partial charge in [-0.1, -0.05) is 6.07 Å². The minimum absolute atomic E-state index is 0.132. The third kappa shape index (κ3) is 3.07. The zero-order valence-corrected chi connectivity index (χ0v) is 14.7. The van der Waals surface area contributed by atoms with Gasteiger partial charge in [-0.25, -0.2) is 22.2 Å². The molecule has 138 valence electrons. The summed E-state index contributed by atoms with van der Waals surface area (Å²) in [4.78, 5) is 3.67. The minimum atomic E-state index is -4.02. The molecule has 0 aliphatic carbocycles. The number of fused-ring (bicyclic) bond motifs is 2. The quantitative estimate of drug-likeness (QED) is 0.818. The number of ether oxygens (including phenoxy) is 1. The Morgan fingerprint density at radius 1 is 1.08 bits per heavy atom. The fraction of sp³-hybridized carbons (Fsp3) is 0.389. The average Bonchev–Trinajstić information content (AvgIpc) is 2.88. The standard InChI is InChI=1S/C18H18F2N2O3S/c19-12-4-7-17(16(20)9-12)26(23,24)22-13-5-6-14(22)11-15(10-13)25-18-3-1-2-8-21-18/h1-4,7-9,13-15H,5-6,10-11H2. The van der Waals surface area contributed by atoms with Gasteiger partial charge in [0, 0.05) is 43.3 Å². The molecule has 2 atom stereocenters. The van der Waals surface area contributed by atoms with E-state index < -0.39 is 26.6 Å². The van der Waals surface area contributed by atoms with E-state index >= 15 is 0 Å². The zero-order chi connectivity index (χ0) is 18.3. The Hall–Kier alpha value is -2.06. The molecule has 4 rings (SSSR count). The third-order valence-corrected chi connectivity index (χ3v) is 7.04. The normalized spacial score (nSPS) is 26.0. The van der Waals surface area contributed by atoms with E-state index in [4.69, 9.17) is 4.74 Å². The fourth-order valence-corrected chi connectivity index (χ4v) is 5.90. The van der Waals surface area contributed by atoms with E-state index in [1.165, 1.54) is 4.31 Å². The number of piperidine rings is 1. The van der Waals surface area contributed by atoms with Gasteiger partial charge in [0.2, 0.25) is 15.9 Å². The Kier molecular flexibility index (Phi) is 4.40. The topological polar surface area (TPSA) is 59.5 Å². The SMILES string of the molecule is O=S(=O)(c1ccc(F)cc1F)N1C2CCC1CC(Oc1ccccn1)C2. The van der Waals surface area contributed by atoms with Crippen molar-refractivity contribution in [2.75, 3.05) is 0 Å². The van der Waals surface area contributed by atoms with Crippen LogP contribution in [0.3, 0.4) is 0 Å². The highest BCUT2D eigenvalue weighted by atomic mass is 32.2. The molecule has 0 saturated carbocycles. The number of benzene rings is 1. The first-order valence-corrected chi connectivity index (χ1v) is 9.95. The number of sulfonamides is 1. The highest BCUT2D eigenvalue weighted by Gasteiger charge is 2.48. The molecular formula is C18H18F2N2O3S. The molecule has 0 N–H and O–H groups in total. The summed E-state index contributed by atoms with van der Waals surface area (Å²) in [5.74, 6) is -1.35. The van der Waals surface area contributed by atoms with Crippen LogP contribution < -0.4 is 4.74 Å². The molecule has 2 fully saturated rings. The van der Waals surface area contributed by atoms with Gasteiger partial charge in [0.25, 0.3) is 0 Å². The van der Waals surface area contributed by atoms with Gasteiger partial charge in [-0.2, -0.15) is 4.31 Å². The highest BCUT2D eigenvalue weighted by molar-refractivity contribution is 7.89. The number of hydrogen-bond donors (Lipinski definition) is 0. The molecule has 5 nitrogen and oxygen atoms in total. The minimum Gasteiger partial charge on any atom is -0.474 e. The van der Waals surface area contributed by atoms with Gasteiger partial charge < -0.3 is 4.74 Å². The lowest BCUT2D eigenvalue weighted by Gasteiger charge is -2.37. The summed E-state index contributed by atoms with van der Waals surface area (Å²) in [5.41, 5.74) is 0. The van der Waals surface area contributed by atoms with Crippen LogP contribution in [-0.4, -0.2) is 35.9 Å². The van der Waals surface area contributed by atoms with E-state index in [9.17, 15) is 17.2 Å².